The second kappa shape index (κ2) is 5.59. The van der Waals surface area contributed by atoms with Gasteiger partial charge in [0, 0.05) is 49.2 Å². The monoisotopic (exact) mass is 425 g/mol. The number of fused-ring (bicyclic) bond motifs is 1. The Morgan fingerprint density at radius 1 is 1.10 bits per heavy atom. The highest BCUT2D eigenvalue weighted by Gasteiger charge is 2.18. The van der Waals surface area contributed by atoms with Gasteiger partial charge in [0.2, 0.25) is 0 Å². The van der Waals surface area contributed by atoms with Crippen molar-refractivity contribution in [3.63, 3.8) is 0 Å². The van der Waals surface area contributed by atoms with E-state index in [0.717, 1.165) is 19.8 Å². The smallest absolute Gasteiger partial charge is 0.196 e. The van der Waals surface area contributed by atoms with E-state index in [1.165, 1.54) is 0 Å². The molecule has 0 saturated heterocycles. The molecule has 0 N–H and O–H groups in total. The van der Waals surface area contributed by atoms with Crippen LogP contribution < -0.4 is 0 Å². The maximum atomic E-state index is 12.8. The molecule has 2 nitrogen and oxygen atoms in total. The second-order valence-corrected chi connectivity index (χ2v) is 6.97. The highest BCUT2D eigenvalue weighted by molar-refractivity contribution is 9.11. The third kappa shape index (κ3) is 2.68. The van der Waals surface area contributed by atoms with Gasteiger partial charge in [-0.15, -0.1) is 0 Å². The largest absolute Gasteiger partial charge is 0.350 e. The fourth-order valence-electron chi connectivity index (χ4n) is 2.35. The molecule has 3 rings (SSSR count). The van der Waals surface area contributed by atoms with Crippen molar-refractivity contribution in [3.8, 4) is 0 Å². The number of carbonyl (C=O) groups is 1. The zero-order valence-corrected chi connectivity index (χ0v) is 15.0. The number of carbonyl (C=O) groups excluding carboxylic acids is 1. The number of ketones is 1. The van der Waals surface area contributed by atoms with Crippen LogP contribution in [0.5, 0.6) is 0 Å². The van der Waals surface area contributed by atoms with E-state index in [1.807, 2.05) is 48.1 Å². The Morgan fingerprint density at radius 3 is 2.62 bits per heavy atom. The van der Waals surface area contributed by atoms with Crippen molar-refractivity contribution in [3.05, 3.63) is 67.7 Å². The minimum absolute atomic E-state index is 0.0175. The molecule has 0 aliphatic heterocycles. The molecule has 0 bridgehead atoms. The Balaban J connectivity index is 2.21. The zero-order valence-electron chi connectivity index (χ0n) is 11.0. The van der Waals surface area contributed by atoms with Crippen LogP contribution in [0.1, 0.15) is 15.9 Å². The van der Waals surface area contributed by atoms with Gasteiger partial charge >= 0.3 is 0 Å². The summed E-state index contributed by atoms with van der Waals surface area (Å²) in [6.07, 6.45) is 1.84. The topological polar surface area (TPSA) is 22.0 Å². The molecule has 2 aromatic carbocycles. The molecule has 0 fully saturated rings. The molecular formula is C16H10Br2ClNO. The van der Waals surface area contributed by atoms with E-state index in [9.17, 15) is 4.79 Å². The van der Waals surface area contributed by atoms with Gasteiger partial charge in [0.15, 0.2) is 5.78 Å². The summed E-state index contributed by atoms with van der Waals surface area (Å²) in [6, 6.07) is 11.1. The van der Waals surface area contributed by atoms with Crippen LogP contribution in [0.4, 0.5) is 0 Å². The van der Waals surface area contributed by atoms with Gasteiger partial charge in [0.05, 0.1) is 0 Å². The first-order valence-corrected chi connectivity index (χ1v) is 8.18. The zero-order chi connectivity index (χ0) is 15.1. The fourth-order valence-corrected chi connectivity index (χ4v) is 3.31. The van der Waals surface area contributed by atoms with Crippen molar-refractivity contribution < 1.29 is 4.79 Å². The molecule has 5 heteroatoms. The summed E-state index contributed by atoms with van der Waals surface area (Å²) >= 11 is 12.9. The Kier molecular flexibility index (Phi) is 3.95. The van der Waals surface area contributed by atoms with Crippen molar-refractivity contribution >= 4 is 60.1 Å². The van der Waals surface area contributed by atoms with Crippen LogP contribution in [0.25, 0.3) is 10.9 Å². The molecular weight excluding hydrogens is 417 g/mol. The predicted molar refractivity (Wildman–Crippen MR) is 93.2 cm³/mol. The predicted octanol–water partition coefficient (Wildman–Crippen LogP) is 5.59. The molecule has 1 heterocycles. The number of halogens is 3. The minimum Gasteiger partial charge on any atom is -0.350 e. The molecule has 0 atom stereocenters. The number of benzene rings is 2. The highest BCUT2D eigenvalue weighted by atomic mass is 79.9. The lowest BCUT2D eigenvalue weighted by atomic mass is 10.0. The molecule has 1 aromatic heterocycles. The van der Waals surface area contributed by atoms with E-state index in [4.69, 9.17) is 11.6 Å². The normalized spacial score (nSPS) is 11.0. The van der Waals surface area contributed by atoms with Crippen LogP contribution in [0.3, 0.4) is 0 Å². The molecule has 0 aliphatic carbocycles. The van der Waals surface area contributed by atoms with Gasteiger partial charge in [-0.1, -0.05) is 49.5 Å². The SMILES string of the molecule is Cn1cc(C(=O)c2cc(Br)ccc2Br)c2ccc(Cl)cc21. The van der Waals surface area contributed by atoms with E-state index in [-0.39, 0.29) is 5.78 Å². The summed E-state index contributed by atoms with van der Waals surface area (Å²) < 4.78 is 3.57. The average molecular weight is 428 g/mol. The summed E-state index contributed by atoms with van der Waals surface area (Å²) in [5.74, 6) is -0.0175. The van der Waals surface area contributed by atoms with Crippen LogP contribution in [-0.2, 0) is 7.05 Å². The first kappa shape index (κ1) is 14.8. The summed E-state index contributed by atoms with van der Waals surface area (Å²) in [6.45, 7) is 0. The van der Waals surface area contributed by atoms with E-state index < -0.39 is 0 Å². The molecule has 0 amide bonds. The van der Waals surface area contributed by atoms with Crippen LogP contribution in [0.15, 0.2) is 51.5 Å². The molecule has 0 radical (unpaired) electrons. The minimum atomic E-state index is -0.0175. The Morgan fingerprint density at radius 2 is 1.86 bits per heavy atom. The van der Waals surface area contributed by atoms with Gasteiger partial charge in [-0.05, 0) is 30.3 Å². The van der Waals surface area contributed by atoms with Crippen LogP contribution >= 0.6 is 43.5 Å². The standard InChI is InChI=1S/C16H10Br2ClNO/c1-20-8-13(11-4-3-10(19)7-15(11)20)16(21)12-6-9(17)2-5-14(12)18/h2-8H,1H3. The number of hydrogen-bond donors (Lipinski definition) is 0. The van der Waals surface area contributed by atoms with E-state index in [0.29, 0.717) is 16.1 Å². The first-order valence-electron chi connectivity index (χ1n) is 6.21. The van der Waals surface area contributed by atoms with Crippen molar-refractivity contribution in [2.45, 2.75) is 0 Å². The maximum Gasteiger partial charge on any atom is 0.196 e. The first-order chi connectivity index (χ1) is 9.97. The number of hydrogen-bond acceptors (Lipinski definition) is 1. The van der Waals surface area contributed by atoms with Crippen molar-refractivity contribution in [1.82, 2.24) is 4.57 Å². The van der Waals surface area contributed by atoms with Crippen molar-refractivity contribution in [2.24, 2.45) is 7.05 Å². The number of rotatable bonds is 2. The average Bonchev–Trinajstić information content (AvgIpc) is 2.78. The van der Waals surface area contributed by atoms with Crippen LogP contribution in [-0.4, -0.2) is 10.4 Å². The van der Waals surface area contributed by atoms with Gasteiger partial charge < -0.3 is 4.57 Å². The number of aromatic nitrogens is 1. The molecule has 0 saturated carbocycles. The van der Waals surface area contributed by atoms with Crippen molar-refractivity contribution in [2.75, 3.05) is 0 Å². The maximum absolute atomic E-state index is 12.8. The van der Waals surface area contributed by atoms with E-state index in [1.54, 1.807) is 6.07 Å². The summed E-state index contributed by atoms with van der Waals surface area (Å²) in [5.41, 5.74) is 2.24. The molecule has 21 heavy (non-hydrogen) atoms. The molecule has 106 valence electrons. The quantitative estimate of drug-likeness (QED) is 0.489. The summed E-state index contributed by atoms with van der Waals surface area (Å²) in [5, 5.41) is 1.56. The lowest BCUT2D eigenvalue weighted by Gasteiger charge is -2.04. The summed E-state index contributed by atoms with van der Waals surface area (Å²) in [4.78, 5) is 12.8. The van der Waals surface area contributed by atoms with Crippen LogP contribution in [0, 0.1) is 0 Å². The Labute approximate surface area is 144 Å². The fraction of sp³-hybridized carbons (Fsp3) is 0.0625. The molecule has 0 unspecified atom stereocenters. The molecule has 0 aliphatic rings. The number of aryl methyl sites for hydroxylation is 1. The number of nitrogens with zero attached hydrogens (tertiary/aromatic N) is 1. The van der Waals surface area contributed by atoms with Crippen molar-refractivity contribution in [1.29, 1.82) is 0 Å². The molecule has 3 aromatic rings. The van der Waals surface area contributed by atoms with Gasteiger partial charge in [0.1, 0.15) is 0 Å². The lowest BCUT2D eigenvalue weighted by Crippen LogP contribution is -2.01. The Bertz CT molecular complexity index is 870. The summed E-state index contributed by atoms with van der Waals surface area (Å²) in [7, 11) is 1.91. The third-order valence-corrected chi connectivity index (χ3v) is 4.79. The highest BCUT2D eigenvalue weighted by Crippen LogP contribution is 2.29. The lowest BCUT2D eigenvalue weighted by molar-refractivity contribution is 0.103. The third-order valence-electron chi connectivity index (χ3n) is 3.37. The van der Waals surface area contributed by atoms with E-state index >= 15 is 0 Å². The van der Waals surface area contributed by atoms with Gasteiger partial charge in [-0.2, -0.15) is 0 Å². The van der Waals surface area contributed by atoms with E-state index in [2.05, 4.69) is 31.9 Å². The Hall–Kier alpha value is -1.10. The van der Waals surface area contributed by atoms with Crippen LogP contribution in [0.2, 0.25) is 5.02 Å². The second-order valence-electron chi connectivity index (χ2n) is 4.77. The van der Waals surface area contributed by atoms with Gasteiger partial charge in [0.25, 0.3) is 0 Å². The molecule has 0 spiro atoms. The van der Waals surface area contributed by atoms with Gasteiger partial charge in [-0.3, -0.25) is 4.79 Å². The van der Waals surface area contributed by atoms with Gasteiger partial charge in [-0.25, -0.2) is 0 Å².